The van der Waals surface area contributed by atoms with Gasteiger partial charge in [0.15, 0.2) is 0 Å². The normalized spacial score (nSPS) is 31.3. The summed E-state index contributed by atoms with van der Waals surface area (Å²) in [6.45, 7) is 1.01. The average molecular weight is 154 g/mol. The third kappa shape index (κ3) is 1.92. The second kappa shape index (κ2) is 3.70. The molecule has 0 aromatic heterocycles. The first-order valence-corrected chi connectivity index (χ1v) is 4.10. The maximum atomic E-state index is 8.85. The zero-order valence-corrected chi connectivity index (χ0v) is 6.64. The van der Waals surface area contributed by atoms with Crippen molar-refractivity contribution < 1.29 is 5.11 Å². The van der Waals surface area contributed by atoms with E-state index in [-0.39, 0.29) is 6.61 Å². The van der Waals surface area contributed by atoms with E-state index in [0.29, 0.717) is 6.42 Å². The highest BCUT2D eigenvalue weighted by molar-refractivity contribution is 5.08. The minimum absolute atomic E-state index is 0.0978. The summed E-state index contributed by atoms with van der Waals surface area (Å²) in [6.07, 6.45) is 3.68. The minimum Gasteiger partial charge on any atom is -0.396 e. The molecule has 0 radical (unpaired) electrons. The molecular formula is C8H14N2O. The average Bonchev–Trinajstić information content (AvgIpc) is 2.07. The Hall–Kier alpha value is -0.590. The molecule has 1 heterocycles. The molecular weight excluding hydrogens is 140 g/mol. The number of piperidine rings is 1. The predicted octanol–water partition coefficient (Wildman–Crippen LogP) is 0.405. The molecule has 1 rings (SSSR count). The van der Waals surface area contributed by atoms with Crippen LogP contribution < -0.4 is 5.32 Å². The van der Waals surface area contributed by atoms with Crippen molar-refractivity contribution in [1.29, 1.82) is 5.26 Å². The van der Waals surface area contributed by atoms with Crippen molar-refractivity contribution in [3.05, 3.63) is 0 Å². The molecule has 11 heavy (non-hydrogen) atoms. The molecule has 1 aliphatic heterocycles. The van der Waals surface area contributed by atoms with Crippen molar-refractivity contribution in [2.45, 2.75) is 31.2 Å². The topological polar surface area (TPSA) is 56.0 Å². The Morgan fingerprint density at radius 1 is 1.55 bits per heavy atom. The Bertz CT molecular complexity index is 150. The summed E-state index contributed by atoms with van der Waals surface area (Å²) in [7, 11) is 0. The maximum Gasteiger partial charge on any atom is 0.108 e. The number of hydrogen-bond acceptors (Lipinski definition) is 3. The van der Waals surface area contributed by atoms with Gasteiger partial charge < -0.3 is 5.11 Å². The molecule has 2 N–H and O–H groups in total. The van der Waals surface area contributed by atoms with E-state index in [0.717, 1.165) is 25.8 Å². The summed E-state index contributed by atoms with van der Waals surface area (Å²) < 4.78 is 0. The van der Waals surface area contributed by atoms with Crippen LogP contribution in [-0.4, -0.2) is 23.8 Å². The first-order valence-electron chi connectivity index (χ1n) is 4.10. The van der Waals surface area contributed by atoms with Gasteiger partial charge in [-0.3, -0.25) is 5.32 Å². The number of nitrogens with one attached hydrogen (secondary N) is 1. The van der Waals surface area contributed by atoms with Crippen LogP contribution in [0.3, 0.4) is 0 Å². The van der Waals surface area contributed by atoms with Crippen LogP contribution in [0.1, 0.15) is 25.7 Å². The van der Waals surface area contributed by atoms with Crippen LogP contribution >= 0.6 is 0 Å². The largest absolute Gasteiger partial charge is 0.396 e. The van der Waals surface area contributed by atoms with Crippen LogP contribution in [0.4, 0.5) is 0 Å². The van der Waals surface area contributed by atoms with Crippen LogP contribution in [0, 0.1) is 11.3 Å². The van der Waals surface area contributed by atoms with Crippen molar-refractivity contribution in [3.8, 4) is 6.07 Å². The highest BCUT2D eigenvalue weighted by Crippen LogP contribution is 2.21. The van der Waals surface area contributed by atoms with Gasteiger partial charge in [0.05, 0.1) is 6.07 Å². The standard InChI is InChI=1S/C8H14N2O/c9-7-8(4-6-11)3-1-2-5-10-8/h10-11H,1-6H2. The van der Waals surface area contributed by atoms with Crippen molar-refractivity contribution in [3.63, 3.8) is 0 Å². The zero-order chi connectivity index (χ0) is 8.16. The first-order chi connectivity index (χ1) is 5.33. The predicted molar refractivity (Wildman–Crippen MR) is 41.9 cm³/mol. The van der Waals surface area contributed by atoms with Gasteiger partial charge in [-0.1, -0.05) is 0 Å². The summed E-state index contributed by atoms with van der Waals surface area (Å²) >= 11 is 0. The SMILES string of the molecule is N#CC1(CCO)CCCCN1. The molecule has 1 atom stereocenters. The van der Waals surface area contributed by atoms with Gasteiger partial charge >= 0.3 is 0 Å². The molecule has 1 fully saturated rings. The lowest BCUT2D eigenvalue weighted by atomic mass is 9.88. The number of aliphatic hydroxyl groups is 1. The van der Waals surface area contributed by atoms with Gasteiger partial charge in [-0.25, -0.2) is 0 Å². The molecule has 0 saturated carbocycles. The van der Waals surface area contributed by atoms with E-state index in [9.17, 15) is 0 Å². The lowest BCUT2D eigenvalue weighted by molar-refractivity contribution is 0.217. The van der Waals surface area contributed by atoms with Gasteiger partial charge in [0.25, 0.3) is 0 Å². The molecule has 0 aliphatic carbocycles. The molecule has 0 amide bonds. The summed E-state index contributed by atoms with van der Waals surface area (Å²) in [5, 5.41) is 20.7. The monoisotopic (exact) mass is 154 g/mol. The lowest BCUT2D eigenvalue weighted by Crippen LogP contribution is -2.47. The van der Waals surface area contributed by atoms with E-state index >= 15 is 0 Å². The van der Waals surface area contributed by atoms with Crippen LogP contribution in [0.25, 0.3) is 0 Å². The van der Waals surface area contributed by atoms with E-state index in [2.05, 4.69) is 11.4 Å². The number of nitriles is 1. The van der Waals surface area contributed by atoms with Crippen LogP contribution in [0.5, 0.6) is 0 Å². The minimum atomic E-state index is -0.424. The maximum absolute atomic E-state index is 8.85. The van der Waals surface area contributed by atoms with Crippen molar-refractivity contribution in [1.82, 2.24) is 5.32 Å². The number of aliphatic hydroxyl groups excluding tert-OH is 1. The molecule has 0 aromatic rings. The Kier molecular flexibility index (Phi) is 2.86. The van der Waals surface area contributed by atoms with E-state index in [4.69, 9.17) is 10.4 Å². The van der Waals surface area contributed by atoms with Gasteiger partial charge in [0.2, 0.25) is 0 Å². The summed E-state index contributed by atoms with van der Waals surface area (Å²) in [4.78, 5) is 0. The number of nitrogens with zero attached hydrogens (tertiary/aromatic N) is 1. The molecule has 1 saturated heterocycles. The zero-order valence-electron chi connectivity index (χ0n) is 6.64. The lowest BCUT2D eigenvalue weighted by Gasteiger charge is -2.31. The van der Waals surface area contributed by atoms with Gasteiger partial charge in [0.1, 0.15) is 5.54 Å². The summed E-state index contributed by atoms with van der Waals surface area (Å²) in [5.74, 6) is 0. The molecule has 0 spiro atoms. The second-order valence-electron chi connectivity index (χ2n) is 3.05. The fraction of sp³-hybridized carbons (Fsp3) is 0.875. The Morgan fingerprint density at radius 3 is 2.82 bits per heavy atom. The Morgan fingerprint density at radius 2 is 2.36 bits per heavy atom. The van der Waals surface area contributed by atoms with Crippen molar-refractivity contribution in [2.75, 3.05) is 13.2 Å². The molecule has 0 aromatic carbocycles. The second-order valence-corrected chi connectivity index (χ2v) is 3.05. The van der Waals surface area contributed by atoms with E-state index in [1.54, 1.807) is 0 Å². The van der Waals surface area contributed by atoms with Crippen LogP contribution in [0.15, 0.2) is 0 Å². The Labute approximate surface area is 67.0 Å². The van der Waals surface area contributed by atoms with E-state index in [1.165, 1.54) is 0 Å². The molecule has 1 aliphatic rings. The fourth-order valence-electron chi connectivity index (χ4n) is 1.52. The molecule has 3 nitrogen and oxygen atoms in total. The molecule has 3 heteroatoms. The van der Waals surface area contributed by atoms with E-state index in [1.807, 2.05) is 0 Å². The van der Waals surface area contributed by atoms with Crippen molar-refractivity contribution >= 4 is 0 Å². The number of hydrogen-bond donors (Lipinski definition) is 2. The fourth-order valence-corrected chi connectivity index (χ4v) is 1.52. The van der Waals surface area contributed by atoms with Crippen LogP contribution in [0.2, 0.25) is 0 Å². The van der Waals surface area contributed by atoms with Crippen LogP contribution in [-0.2, 0) is 0 Å². The third-order valence-electron chi connectivity index (χ3n) is 2.25. The van der Waals surface area contributed by atoms with Gasteiger partial charge in [-0.05, 0) is 25.8 Å². The molecule has 0 bridgehead atoms. The first kappa shape index (κ1) is 8.51. The summed E-state index contributed by atoms with van der Waals surface area (Å²) in [5.41, 5.74) is -0.424. The highest BCUT2D eigenvalue weighted by atomic mass is 16.3. The van der Waals surface area contributed by atoms with Gasteiger partial charge in [0, 0.05) is 13.0 Å². The third-order valence-corrected chi connectivity index (χ3v) is 2.25. The van der Waals surface area contributed by atoms with Crippen molar-refractivity contribution in [2.24, 2.45) is 0 Å². The smallest absolute Gasteiger partial charge is 0.108 e. The summed E-state index contributed by atoms with van der Waals surface area (Å²) in [6, 6.07) is 2.25. The van der Waals surface area contributed by atoms with Gasteiger partial charge in [-0.15, -0.1) is 0 Å². The van der Waals surface area contributed by atoms with Gasteiger partial charge in [-0.2, -0.15) is 5.26 Å². The highest BCUT2D eigenvalue weighted by Gasteiger charge is 2.30. The number of rotatable bonds is 2. The quantitative estimate of drug-likeness (QED) is 0.605. The van der Waals surface area contributed by atoms with E-state index < -0.39 is 5.54 Å². The molecule has 1 unspecified atom stereocenters. The Balaban J connectivity index is 2.51. The molecule has 62 valence electrons.